The lowest BCUT2D eigenvalue weighted by atomic mass is 10.1. The van der Waals surface area contributed by atoms with E-state index in [-0.39, 0.29) is 6.54 Å². The number of anilines is 1. The van der Waals surface area contributed by atoms with Crippen LogP contribution in [0.2, 0.25) is 0 Å². The molecule has 0 radical (unpaired) electrons. The van der Waals surface area contributed by atoms with Crippen LogP contribution in [0.5, 0.6) is 0 Å². The van der Waals surface area contributed by atoms with Crippen LogP contribution in [-0.2, 0) is 20.1 Å². The van der Waals surface area contributed by atoms with Gasteiger partial charge in [-0.2, -0.15) is 10.5 Å². The zero-order valence-corrected chi connectivity index (χ0v) is 19.8. The topological polar surface area (TPSA) is 99.8 Å². The number of nitrogens with zero attached hydrogens (tertiary/aromatic N) is 6. The smallest absolute Gasteiger partial charge is 0.331 e. The van der Waals surface area contributed by atoms with E-state index in [4.69, 9.17) is 0 Å². The number of allylic oxidation sites excluding steroid dienone is 2. The van der Waals surface area contributed by atoms with Crippen molar-refractivity contribution in [3.8, 4) is 12.1 Å². The molecule has 3 heterocycles. The van der Waals surface area contributed by atoms with Crippen molar-refractivity contribution in [2.24, 2.45) is 7.05 Å². The maximum atomic E-state index is 13.8. The highest BCUT2D eigenvalue weighted by molar-refractivity contribution is 5.90. The molecule has 0 amide bonds. The monoisotopic (exact) mass is 456 g/mol. The molecular formula is C26H28N6O2. The van der Waals surface area contributed by atoms with Crippen LogP contribution in [0.1, 0.15) is 49.8 Å². The predicted molar refractivity (Wildman–Crippen MR) is 132 cm³/mol. The molecule has 0 bridgehead atoms. The van der Waals surface area contributed by atoms with Crippen molar-refractivity contribution in [2.75, 3.05) is 18.0 Å². The van der Waals surface area contributed by atoms with Crippen LogP contribution in [0.4, 0.5) is 5.82 Å². The van der Waals surface area contributed by atoms with Gasteiger partial charge in [-0.3, -0.25) is 13.9 Å². The molecule has 1 aromatic carbocycles. The second-order valence-electron chi connectivity index (χ2n) is 8.95. The Labute approximate surface area is 198 Å². The number of aromatic nitrogens is 3. The molecule has 8 heteroatoms. The molecule has 1 saturated heterocycles. The lowest BCUT2D eigenvalue weighted by molar-refractivity contribution is 0.565. The molecule has 1 aliphatic rings. The Morgan fingerprint density at radius 1 is 1.00 bits per heavy atom. The Balaban J connectivity index is 2.05. The Kier molecular flexibility index (Phi) is 6.43. The molecule has 3 aromatic rings. The summed E-state index contributed by atoms with van der Waals surface area (Å²) in [6.07, 6.45) is 5.19. The van der Waals surface area contributed by atoms with E-state index >= 15 is 0 Å². The molecule has 0 spiro atoms. The molecule has 2 aromatic heterocycles. The van der Waals surface area contributed by atoms with E-state index < -0.39 is 11.2 Å². The van der Waals surface area contributed by atoms with Gasteiger partial charge < -0.3 is 9.47 Å². The quantitative estimate of drug-likeness (QED) is 0.549. The first-order valence-electron chi connectivity index (χ1n) is 11.5. The van der Waals surface area contributed by atoms with Gasteiger partial charge in [-0.05, 0) is 44.7 Å². The van der Waals surface area contributed by atoms with Crippen LogP contribution < -0.4 is 16.1 Å². The summed E-state index contributed by atoms with van der Waals surface area (Å²) in [7, 11) is 1.60. The first kappa shape index (κ1) is 23.1. The van der Waals surface area contributed by atoms with E-state index in [0.29, 0.717) is 40.1 Å². The Bertz CT molecular complexity index is 1480. The maximum Gasteiger partial charge on any atom is 0.331 e. The Morgan fingerprint density at radius 2 is 1.71 bits per heavy atom. The molecule has 1 fully saturated rings. The minimum atomic E-state index is -0.508. The Hall–Kier alpha value is -4.04. The summed E-state index contributed by atoms with van der Waals surface area (Å²) in [5, 5.41) is 19.6. The molecule has 0 unspecified atom stereocenters. The molecule has 8 nitrogen and oxygen atoms in total. The van der Waals surface area contributed by atoms with Crippen LogP contribution in [0, 0.1) is 22.7 Å². The van der Waals surface area contributed by atoms with Gasteiger partial charge in [0.2, 0.25) is 0 Å². The van der Waals surface area contributed by atoms with E-state index in [1.54, 1.807) is 31.3 Å². The molecule has 34 heavy (non-hydrogen) atoms. The van der Waals surface area contributed by atoms with Crippen LogP contribution in [0.25, 0.3) is 11.0 Å². The molecule has 0 aliphatic carbocycles. The molecule has 0 N–H and O–H groups in total. The summed E-state index contributed by atoms with van der Waals surface area (Å²) >= 11 is 0. The summed E-state index contributed by atoms with van der Waals surface area (Å²) in [6.45, 7) is 6.00. The van der Waals surface area contributed by atoms with Crippen molar-refractivity contribution < 1.29 is 0 Å². The maximum absolute atomic E-state index is 13.8. The molecule has 0 saturated carbocycles. The van der Waals surface area contributed by atoms with Crippen molar-refractivity contribution in [3.63, 3.8) is 0 Å². The molecule has 0 atom stereocenters. The molecule has 4 rings (SSSR count). The van der Waals surface area contributed by atoms with E-state index in [0.717, 1.165) is 37.9 Å². The third kappa shape index (κ3) is 3.92. The van der Waals surface area contributed by atoms with E-state index in [1.807, 2.05) is 24.5 Å². The van der Waals surface area contributed by atoms with Gasteiger partial charge >= 0.3 is 5.69 Å². The Morgan fingerprint density at radius 3 is 2.35 bits per heavy atom. The number of piperidine rings is 1. The molecule has 174 valence electrons. The minimum absolute atomic E-state index is 0.0139. The summed E-state index contributed by atoms with van der Waals surface area (Å²) in [4.78, 5) is 29.3. The minimum Gasteiger partial charge on any atom is -0.357 e. The van der Waals surface area contributed by atoms with Gasteiger partial charge in [0.25, 0.3) is 5.56 Å². The van der Waals surface area contributed by atoms with E-state index in [2.05, 4.69) is 17.0 Å². The first-order valence-corrected chi connectivity index (χ1v) is 11.5. The third-order valence-corrected chi connectivity index (χ3v) is 6.43. The van der Waals surface area contributed by atoms with Gasteiger partial charge in [0.15, 0.2) is 0 Å². The number of hydrogen-bond acceptors (Lipinski definition) is 5. The standard InChI is InChI=1S/C26H28N6O2/c1-18(2)11-14-31-23-22(21(16-28)24(31)30-12-7-4-8-13-30)29(3)26(34)32(25(23)33)17-20-10-6-5-9-19(20)15-27/h5-6,9-11H,4,7-8,12-14,17H2,1-3H3. The fraction of sp³-hybridized carbons (Fsp3) is 0.385. The lowest BCUT2D eigenvalue weighted by Crippen LogP contribution is -2.40. The van der Waals surface area contributed by atoms with Gasteiger partial charge in [0, 0.05) is 26.7 Å². The first-order chi connectivity index (χ1) is 16.4. The van der Waals surface area contributed by atoms with Gasteiger partial charge in [-0.25, -0.2) is 4.79 Å². The van der Waals surface area contributed by atoms with Gasteiger partial charge in [0.05, 0.1) is 23.7 Å². The summed E-state index contributed by atoms with van der Waals surface area (Å²) in [5.41, 5.74) is 2.22. The van der Waals surface area contributed by atoms with Crippen LogP contribution in [-0.4, -0.2) is 26.8 Å². The number of nitriles is 2. The largest absolute Gasteiger partial charge is 0.357 e. The van der Waals surface area contributed by atoms with Crippen LogP contribution in [0.3, 0.4) is 0 Å². The highest BCUT2D eigenvalue weighted by Gasteiger charge is 2.28. The zero-order chi connectivity index (χ0) is 24.4. The summed E-state index contributed by atoms with van der Waals surface area (Å²) in [6, 6.07) is 11.4. The van der Waals surface area contributed by atoms with Crippen LogP contribution >= 0.6 is 0 Å². The van der Waals surface area contributed by atoms with Crippen molar-refractivity contribution in [1.82, 2.24) is 13.7 Å². The number of fused-ring (bicyclic) bond motifs is 1. The lowest BCUT2D eigenvalue weighted by Gasteiger charge is -2.30. The number of rotatable bonds is 5. The highest BCUT2D eigenvalue weighted by atomic mass is 16.2. The molecular weight excluding hydrogens is 428 g/mol. The number of hydrogen-bond donors (Lipinski definition) is 0. The van der Waals surface area contributed by atoms with Crippen molar-refractivity contribution in [2.45, 2.75) is 46.2 Å². The average molecular weight is 457 g/mol. The predicted octanol–water partition coefficient (Wildman–Crippen LogP) is 3.25. The van der Waals surface area contributed by atoms with E-state index in [9.17, 15) is 20.1 Å². The van der Waals surface area contributed by atoms with Gasteiger partial charge in [0.1, 0.15) is 23.0 Å². The van der Waals surface area contributed by atoms with Crippen molar-refractivity contribution in [1.29, 1.82) is 10.5 Å². The van der Waals surface area contributed by atoms with Crippen molar-refractivity contribution in [3.05, 3.63) is 73.4 Å². The average Bonchev–Trinajstić information content (AvgIpc) is 3.19. The number of aryl methyl sites for hydroxylation is 1. The van der Waals surface area contributed by atoms with Crippen LogP contribution in [0.15, 0.2) is 45.5 Å². The second-order valence-corrected chi connectivity index (χ2v) is 8.95. The zero-order valence-electron chi connectivity index (χ0n) is 19.8. The normalized spacial score (nSPS) is 13.5. The SMILES string of the molecule is CC(C)=CCn1c(N2CCCCC2)c(C#N)c2c1c(=O)n(Cc1ccccc1C#N)c(=O)n2C. The van der Waals surface area contributed by atoms with Gasteiger partial charge in [-0.1, -0.05) is 29.8 Å². The fourth-order valence-corrected chi connectivity index (χ4v) is 4.69. The second kappa shape index (κ2) is 9.44. The third-order valence-electron chi connectivity index (χ3n) is 6.43. The van der Waals surface area contributed by atoms with Gasteiger partial charge in [-0.15, -0.1) is 0 Å². The summed E-state index contributed by atoms with van der Waals surface area (Å²) in [5.74, 6) is 0.706. The molecule has 1 aliphatic heterocycles. The summed E-state index contributed by atoms with van der Waals surface area (Å²) < 4.78 is 4.45. The van der Waals surface area contributed by atoms with Crippen molar-refractivity contribution >= 4 is 16.9 Å². The highest BCUT2D eigenvalue weighted by Crippen LogP contribution is 2.32. The fourth-order valence-electron chi connectivity index (χ4n) is 4.69. The number of benzene rings is 1. The van der Waals surface area contributed by atoms with E-state index in [1.165, 1.54) is 9.13 Å².